The Labute approximate surface area is 134 Å². The standard InChI is InChI=1S/C15H16N4O3S/c1-18-11-16-17-15(18)23(21,22)13-9-19(10-13)14(20)8-7-12-5-3-2-4-6-12/h2-8,11,13H,9-10H2,1H3/b8-7+. The predicted molar refractivity (Wildman–Crippen MR) is 84.0 cm³/mol. The molecule has 1 aromatic heterocycles. The molecule has 0 spiro atoms. The molecule has 3 rings (SSSR count). The Morgan fingerprint density at radius 1 is 1.26 bits per heavy atom. The number of amides is 1. The molecule has 7 nitrogen and oxygen atoms in total. The summed E-state index contributed by atoms with van der Waals surface area (Å²) >= 11 is 0. The maximum absolute atomic E-state index is 12.4. The third kappa shape index (κ3) is 3.02. The van der Waals surface area contributed by atoms with Crippen molar-refractivity contribution in [1.29, 1.82) is 0 Å². The van der Waals surface area contributed by atoms with Gasteiger partial charge in [-0.25, -0.2) is 8.42 Å². The quantitative estimate of drug-likeness (QED) is 0.762. The number of aryl methyl sites for hydroxylation is 1. The van der Waals surface area contributed by atoms with E-state index in [1.54, 1.807) is 13.1 Å². The van der Waals surface area contributed by atoms with Crippen molar-refractivity contribution in [3.8, 4) is 0 Å². The lowest BCUT2D eigenvalue weighted by Gasteiger charge is -2.37. The third-order valence-corrected chi connectivity index (χ3v) is 5.80. The Hall–Kier alpha value is -2.48. The van der Waals surface area contributed by atoms with Crippen molar-refractivity contribution < 1.29 is 13.2 Å². The van der Waals surface area contributed by atoms with E-state index in [-0.39, 0.29) is 24.2 Å². The molecule has 1 aliphatic rings. The Balaban J connectivity index is 1.62. The molecule has 23 heavy (non-hydrogen) atoms. The highest BCUT2D eigenvalue weighted by molar-refractivity contribution is 7.92. The van der Waals surface area contributed by atoms with Crippen LogP contribution < -0.4 is 0 Å². The molecule has 0 radical (unpaired) electrons. The molecule has 1 fully saturated rings. The summed E-state index contributed by atoms with van der Waals surface area (Å²) in [5.74, 6) is -0.196. The van der Waals surface area contributed by atoms with Crippen LogP contribution in [-0.2, 0) is 21.7 Å². The zero-order valence-corrected chi connectivity index (χ0v) is 13.3. The minimum absolute atomic E-state index is 0.0607. The van der Waals surface area contributed by atoms with E-state index in [0.29, 0.717) is 0 Å². The van der Waals surface area contributed by atoms with Crippen LogP contribution in [0.5, 0.6) is 0 Å². The van der Waals surface area contributed by atoms with E-state index in [1.165, 1.54) is 21.9 Å². The molecule has 2 heterocycles. The first-order valence-electron chi connectivity index (χ1n) is 7.08. The second-order valence-corrected chi connectivity index (χ2v) is 7.50. The van der Waals surface area contributed by atoms with Gasteiger partial charge in [0.15, 0.2) is 0 Å². The molecule has 1 saturated heterocycles. The predicted octanol–water partition coefficient (Wildman–Crippen LogP) is 0.513. The third-order valence-electron chi connectivity index (χ3n) is 3.74. The second kappa shape index (κ2) is 5.96. The fraction of sp³-hybridized carbons (Fsp3) is 0.267. The van der Waals surface area contributed by atoms with Crippen molar-refractivity contribution >= 4 is 21.8 Å². The van der Waals surface area contributed by atoms with E-state index in [4.69, 9.17) is 0 Å². The van der Waals surface area contributed by atoms with Crippen molar-refractivity contribution in [3.05, 3.63) is 48.3 Å². The Morgan fingerprint density at radius 2 is 1.96 bits per heavy atom. The van der Waals surface area contributed by atoms with Gasteiger partial charge in [0.1, 0.15) is 11.6 Å². The molecule has 120 valence electrons. The lowest BCUT2D eigenvalue weighted by atomic mass is 10.2. The van der Waals surface area contributed by atoms with Crippen LogP contribution in [0.2, 0.25) is 0 Å². The number of aromatic nitrogens is 3. The van der Waals surface area contributed by atoms with Crippen LogP contribution in [0.15, 0.2) is 47.9 Å². The SMILES string of the molecule is Cn1cnnc1S(=O)(=O)C1CN(C(=O)/C=C/c2ccccc2)C1. The van der Waals surface area contributed by atoms with E-state index in [2.05, 4.69) is 10.2 Å². The molecule has 8 heteroatoms. The summed E-state index contributed by atoms with van der Waals surface area (Å²) < 4.78 is 26.1. The average molecular weight is 332 g/mol. The molecule has 0 saturated carbocycles. The van der Waals surface area contributed by atoms with Gasteiger partial charge in [0, 0.05) is 26.2 Å². The van der Waals surface area contributed by atoms with Crippen molar-refractivity contribution in [1.82, 2.24) is 19.7 Å². The number of carbonyl (C=O) groups excluding carboxylic acids is 1. The van der Waals surface area contributed by atoms with Crippen molar-refractivity contribution in [3.63, 3.8) is 0 Å². The van der Waals surface area contributed by atoms with Crippen LogP contribution >= 0.6 is 0 Å². The van der Waals surface area contributed by atoms with Crippen molar-refractivity contribution in [2.45, 2.75) is 10.4 Å². The summed E-state index contributed by atoms with van der Waals surface area (Å²) in [7, 11) is -1.97. The van der Waals surface area contributed by atoms with Gasteiger partial charge in [0.05, 0.1) is 0 Å². The van der Waals surface area contributed by atoms with Crippen LogP contribution in [0.4, 0.5) is 0 Å². The average Bonchev–Trinajstić information content (AvgIpc) is 2.91. The molecule has 0 bridgehead atoms. The highest BCUT2D eigenvalue weighted by Crippen LogP contribution is 2.22. The van der Waals surface area contributed by atoms with Crippen molar-refractivity contribution in [2.24, 2.45) is 7.05 Å². The van der Waals surface area contributed by atoms with Crippen LogP contribution in [-0.4, -0.2) is 52.3 Å². The molecule has 1 aromatic carbocycles. The maximum Gasteiger partial charge on any atom is 0.249 e. The van der Waals surface area contributed by atoms with E-state index < -0.39 is 15.1 Å². The Kier molecular flexibility index (Phi) is 3.99. The number of carbonyl (C=O) groups is 1. The van der Waals surface area contributed by atoms with Gasteiger partial charge >= 0.3 is 0 Å². The van der Waals surface area contributed by atoms with E-state index >= 15 is 0 Å². The molecule has 0 aliphatic carbocycles. The number of hydrogen-bond donors (Lipinski definition) is 0. The van der Waals surface area contributed by atoms with Gasteiger partial charge in [-0.2, -0.15) is 0 Å². The first-order chi connectivity index (χ1) is 11.0. The van der Waals surface area contributed by atoms with E-state index in [0.717, 1.165) is 5.56 Å². The van der Waals surface area contributed by atoms with Crippen LogP contribution in [0.25, 0.3) is 6.08 Å². The highest BCUT2D eigenvalue weighted by atomic mass is 32.2. The molecule has 2 aromatic rings. The number of likely N-dealkylation sites (tertiary alicyclic amines) is 1. The van der Waals surface area contributed by atoms with Gasteiger partial charge in [-0.05, 0) is 11.6 Å². The topological polar surface area (TPSA) is 85.2 Å². The fourth-order valence-electron chi connectivity index (χ4n) is 2.33. The summed E-state index contributed by atoms with van der Waals surface area (Å²) in [5.41, 5.74) is 0.921. The first kappa shape index (κ1) is 15.4. The van der Waals surface area contributed by atoms with Gasteiger partial charge in [0.25, 0.3) is 0 Å². The molecular formula is C15H16N4O3S. The van der Waals surface area contributed by atoms with Gasteiger partial charge in [-0.3, -0.25) is 4.79 Å². The maximum atomic E-state index is 12.4. The summed E-state index contributed by atoms with van der Waals surface area (Å²) in [6.07, 6.45) is 4.52. The van der Waals surface area contributed by atoms with Gasteiger partial charge in [-0.1, -0.05) is 30.3 Å². The number of rotatable bonds is 4. The molecule has 0 atom stereocenters. The molecular weight excluding hydrogens is 316 g/mol. The molecule has 1 amide bonds. The lowest BCUT2D eigenvalue weighted by molar-refractivity contribution is -0.128. The Morgan fingerprint density at radius 3 is 2.57 bits per heavy atom. The summed E-state index contributed by atoms with van der Waals surface area (Å²) in [5, 5.41) is 6.55. The zero-order chi connectivity index (χ0) is 16.4. The van der Waals surface area contributed by atoms with Gasteiger partial charge in [0.2, 0.25) is 20.9 Å². The normalized spacial score (nSPS) is 15.8. The second-order valence-electron chi connectivity index (χ2n) is 5.38. The van der Waals surface area contributed by atoms with E-state index in [1.807, 2.05) is 30.3 Å². The summed E-state index contributed by atoms with van der Waals surface area (Å²) in [6, 6.07) is 9.45. The molecule has 1 aliphatic heterocycles. The van der Waals surface area contributed by atoms with Crippen LogP contribution in [0.3, 0.4) is 0 Å². The van der Waals surface area contributed by atoms with Crippen molar-refractivity contribution in [2.75, 3.05) is 13.1 Å². The van der Waals surface area contributed by atoms with Gasteiger partial charge in [-0.15, -0.1) is 10.2 Å². The number of hydrogen-bond acceptors (Lipinski definition) is 5. The largest absolute Gasteiger partial charge is 0.336 e. The number of sulfone groups is 1. The molecule has 0 unspecified atom stereocenters. The first-order valence-corrected chi connectivity index (χ1v) is 8.63. The Bertz CT molecular complexity index is 837. The monoisotopic (exact) mass is 332 g/mol. The zero-order valence-electron chi connectivity index (χ0n) is 12.5. The lowest BCUT2D eigenvalue weighted by Crippen LogP contribution is -2.56. The number of benzene rings is 1. The minimum atomic E-state index is -3.55. The minimum Gasteiger partial charge on any atom is -0.336 e. The van der Waals surface area contributed by atoms with Crippen LogP contribution in [0, 0.1) is 0 Å². The summed E-state index contributed by atoms with van der Waals surface area (Å²) in [6.45, 7) is 0.348. The van der Waals surface area contributed by atoms with Crippen LogP contribution in [0.1, 0.15) is 5.56 Å². The highest BCUT2D eigenvalue weighted by Gasteiger charge is 2.42. The number of nitrogens with zero attached hydrogens (tertiary/aromatic N) is 4. The fourth-order valence-corrected chi connectivity index (χ4v) is 3.99. The molecule has 0 N–H and O–H groups in total. The smallest absolute Gasteiger partial charge is 0.249 e. The van der Waals surface area contributed by atoms with E-state index in [9.17, 15) is 13.2 Å². The van der Waals surface area contributed by atoms with Gasteiger partial charge < -0.3 is 9.47 Å². The summed E-state index contributed by atoms with van der Waals surface area (Å²) in [4.78, 5) is 13.5.